The molecule has 0 saturated heterocycles. The molecule has 0 aliphatic carbocycles. The van der Waals surface area contributed by atoms with E-state index in [2.05, 4.69) is 38.2 Å². The summed E-state index contributed by atoms with van der Waals surface area (Å²) < 4.78 is 8.33. The van der Waals surface area contributed by atoms with Gasteiger partial charge in [0, 0.05) is 21.8 Å². The Morgan fingerprint density at radius 1 is 1.08 bits per heavy atom. The second kappa shape index (κ2) is 5.79. The molecule has 122 valence electrons. The van der Waals surface area contributed by atoms with Gasteiger partial charge in [-0.05, 0) is 24.3 Å². The van der Waals surface area contributed by atoms with Gasteiger partial charge in [-0.15, -0.1) is 0 Å². The number of hydrogen-bond acceptors (Lipinski definition) is 5. The molecule has 0 radical (unpaired) electrons. The zero-order valence-electron chi connectivity index (χ0n) is 12.9. The van der Waals surface area contributed by atoms with Crippen LogP contribution in [0.1, 0.15) is 10.7 Å². The average molecular weight is 411 g/mol. The second-order valence-corrected chi connectivity index (χ2v) is 7.60. The number of rotatable bonds is 3. The molecule has 0 saturated carbocycles. The molecule has 0 fully saturated rings. The highest BCUT2D eigenvalue weighted by molar-refractivity contribution is 9.10. The van der Waals surface area contributed by atoms with Crippen LogP contribution in [0, 0.1) is 0 Å². The molecule has 0 spiro atoms. The summed E-state index contributed by atoms with van der Waals surface area (Å²) in [4.78, 5) is 5.37. The molecule has 5 nitrogen and oxygen atoms in total. The summed E-state index contributed by atoms with van der Waals surface area (Å²) in [5, 5.41) is 10.9. The molecule has 0 amide bonds. The van der Waals surface area contributed by atoms with E-state index < -0.39 is 0 Å². The second-order valence-electron chi connectivity index (χ2n) is 5.64. The lowest BCUT2D eigenvalue weighted by Crippen LogP contribution is -1.93. The Morgan fingerprint density at radius 2 is 1.92 bits per heavy atom. The molecule has 3 heterocycles. The maximum atomic E-state index is 5.38. The number of hydrogen-bond donors (Lipinski definition) is 0. The maximum Gasteiger partial charge on any atom is 0.212 e. The van der Waals surface area contributed by atoms with Gasteiger partial charge >= 0.3 is 0 Å². The molecule has 0 atom stereocenters. The third kappa shape index (κ3) is 2.56. The first kappa shape index (κ1) is 14.8. The summed E-state index contributed by atoms with van der Waals surface area (Å²) >= 11 is 5.04. The van der Waals surface area contributed by atoms with Crippen LogP contribution >= 0.6 is 27.3 Å². The smallest absolute Gasteiger partial charge is 0.212 e. The van der Waals surface area contributed by atoms with Gasteiger partial charge in [0.2, 0.25) is 4.96 Å². The van der Waals surface area contributed by atoms with Crippen molar-refractivity contribution in [3.63, 3.8) is 0 Å². The van der Waals surface area contributed by atoms with Gasteiger partial charge in [-0.25, -0.2) is 9.50 Å². The summed E-state index contributed by atoms with van der Waals surface area (Å²) in [6, 6.07) is 16.0. The molecule has 0 bridgehead atoms. The van der Waals surface area contributed by atoms with E-state index in [1.165, 1.54) is 0 Å². The molecule has 3 aromatic heterocycles. The van der Waals surface area contributed by atoms with E-state index in [1.54, 1.807) is 11.3 Å². The molecule has 25 heavy (non-hydrogen) atoms. The zero-order chi connectivity index (χ0) is 16.8. The predicted octanol–water partition coefficient (Wildman–Crippen LogP) is 4.95. The molecule has 7 heteroatoms. The normalized spacial score (nSPS) is 11.6. The van der Waals surface area contributed by atoms with Crippen molar-refractivity contribution >= 4 is 43.2 Å². The summed E-state index contributed by atoms with van der Waals surface area (Å²) in [6.07, 6.45) is 2.49. The minimum Gasteiger partial charge on any atom is -0.356 e. The van der Waals surface area contributed by atoms with Gasteiger partial charge in [-0.3, -0.25) is 0 Å². The van der Waals surface area contributed by atoms with Crippen molar-refractivity contribution in [2.24, 2.45) is 0 Å². The van der Waals surface area contributed by atoms with Crippen molar-refractivity contribution < 1.29 is 4.52 Å². The maximum absolute atomic E-state index is 5.38. The van der Waals surface area contributed by atoms with E-state index in [1.807, 2.05) is 47.1 Å². The number of halogens is 1. The van der Waals surface area contributed by atoms with Crippen LogP contribution in [0.15, 0.2) is 63.7 Å². The third-order valence-electron chi connectivity index (χ3n) is 4.04. The van der Waals surface area contributed by atoms with Crippen LogP contribution in [0.3, 0.4) is 0 Å². The molecule has 0 aliphatic heterocycles. The third-order valence-corrected chi connectivity index (χ3v) is 5.49. The number of benzene rings is 2. The Morgan fingerprint density at radius 3 is 2.80 bits per heavy atom. The number of fused-ring (bicyclic) bond motifs is 2. The Hall–Kier alpha value is -2.51. The fourth-order valence-electron chi connectivity index (χ4n) is 2.83. The zero-order valence-corrected chi connectivity index (χ0v) is 15.3. The number of nitrogens with zero attached hydrogens (tertiary/aromatic N) is 4. The molecular formula is C18H11BrN4OS. The average Bonchev–Trinajstić information content (AvgIpc) is 3.31. The molecule has 0 aliphatic rings. The summed E-state index contributed by atoms with van der Waals surface area (Å²) in [7, 11) is 0. The standard InChI is InChI=1S/C18H11BrN4OS/c19-12-7-5-11(6-8-12)15-10-20-18-23(15)21-17(25-18)9-14-13-3-1-2-4-16(13)24-22-14/h1-8,10H,9H2. The SMILES string of the molecule is Brc1ccc(-c2cnc3sc(Cc4noc5ccccc45)nn23)cc1. The molecular weight excluding hydrogens is 400 g/mol. The van der Waals surface area contributed by atoms with Crippen molar-refractivity contribution in [1.29, 1.82) is 0 Å². The van der Waals surface area contributed by atoms with Gasteiger partial charge < -0.3 is 4.52 Å². The minimum atomic E-state index is 0.630. The number of para-hydroxylation sites is 1. The quantitative estimate of drug-likeness (QED) is 0.422. The van der Waals surface area contributed by atoms with Gasteiger partial charge in [0.05, 0.1) is 17.6 Å². The molecule has 0 unspecified atom stereocenters. The fourth-order valence-corrected chi connectivity index (χ4v) is 3.97. The first-order valence-corrected chi connectivity index (χ1v) is 9.31. The lowest BCUT2D eigenvalue weighted by molar-refractivity contribution is 0.448. The van der Waals surface area contributed by atoms with Crippen molar-refractivity contribution in [3.8, 4) is 11.3 Å². The van der Waals surface area contributed by atoms with Crippen LogP contribution in [0.2, 0.25) is 0 Å². The molecule has 5 rings (SSSR count). The van der Waals surface area contributed by atoms with Crippen LogP contribution in [0.25, 0.3) is 27.2 Å². The van der Waals surface area contributed by atoms with Gasteiger partial charge in [0.15, 0.2) is 5.58 Å². The minimum absolute atomic E-state index is 0.630. The van der Waals surface area contributed by atoms with Crippen LogP contribution in [-0.2, 0) is 6.42 Å². The largest absolute Gasteiger partial charge is 0.356 e. The van der Waals surface area contributed by atoms with Crippen LogP contribution in [-0.4, -0.2) is 19.8 Å². The highest BCUT2D eigenvalue weighted by atomic mass is 79.9. The molecule has 5 aromatic rings. The van der Waals surface area contributed by atoms with Gasteiger partial charge in [0.25, 0.3) is 0 Å². The Balaban J connectivity index is 1.54. The Labute approximate surface area is 155 Å². The van der Waals surface area contributed by atoms with Gasteiger partial charge in [-0.1, -0.05) is 56.7 Å². The van der Waals surface area contributed by atoms with Crippen molar-refractivity contribution in [3.05, 3.63) is 69.9 Å². The number of aromatic nitrogens is 4. The van der Waals surface area contributed by atoms with E-state index in [9.17, 15) is 0 Å². The van der Waals surface area contributed by atoms with E-state index in [0.29, 0.717) is 6.42 Å². The highest BCUT2D eigenvalue weighted by Crippen LogP contribution is 2.27. The van der Waals surface area contributed by atoms with Gasteiger partial charge in [0.1, 0.15) is 5.01 Å². The Bertz CT molecular complexity index is 1190. The first-order chi connectivity index (χ1) is 12.3. The summed E-state index contributed by atoms with van der Waals surface area (Å²) in [6.45, 7) is 0. The van der Waals surface area contributed by atoms with E-state index in [0.717, 1.165) is 42.4 Å². The molecule has 0 N–H and O–H groups in total. The van der Waals surface area contributed by atoms with E-state index in [4.69, 9.17) is 9.62 Å². The predicted molar refractivity (Wildman–Crippen MR) is 101 cm³/mol. The first-order valence-electron chi connectivity index (χ1n) is 7.70. The van der Waals surface area contributed by atoms with Crippen LogP contribution < -0.4 is 0 Å². The summed E-state index contributed by atoms with van der Waals surface area (Å²) in [5.41, 5.74) is 3.77. The lowest BCUT2D eigenvalue weighted by Gasteiger charge is -1.98. The highest BCUT2D eigenvalue weighted by Gasteiger charge is 2.15. The van der Waals surface area contributed by atoms with Crippen molar-refractivity contribution in [2.45, 2.75) is 6.42 Å². The number of imidazole rings is 1. The fraction of sp³-hybridized carbons (Fsp3) is 0.0556. The topological polar surface area (TPSA) is 56.2 Å². The monoisotopic (exact) mass is 410 g/mol. The van der Waals surface area contributed by atoms with Crippen LogP contribution in [0.5, 0.6) is 0 Å². The van der Waals surface area contributed by atoms with E-state index >= 15 is 0 Å². The van der Waals surface area contributed by atoms with Crippen molar-refractivity contribution in [2.75, 3.05) is 0 Å². The Kier molecular flexibility index (Phi) is 3.43. The summed E-state index contributed by atoms with van der Waals surface area (Å²) in [5.74, 6) is 0. The van der Waals surface area contributed by atoms with Gasteiger partial charge in [-0.2, -0.15) is 5.10 Å². The van der Waals surface area contributed by atoms with E-state index in [-0.39, 0.29) is 0 Å². The molecule has 2 aromatic carbocycles. The van der Waals surface area contributed by atoms with Crippen molar-refractivity contribution in [1.82, 2.24) is 19.8 Å². The lowest BCUT2D eigenvalue weighted by atomic mass is 10.2. The van der Waals surface area contributed by atoms with Crippen LogP contribution in [0.4, 0.5) is 0 Å².